The Morgan fingerprint density at radius 1 is 1.12 bits per heavy atom. The molecule has 2 aromatic heterocycles. The molecule has 130 valence electrons. The summed E-state index contributed by atoms with van der Waals surface area (Å²) in [5.41, 5.74) is 8.14. The minimum Gasteiger partial charge on any atom is -0.267 e. The van der Waals surface area contributed by atoms with Gasteiger partial charge in [0.05, 0.1) is 34.2 Å². The van der Waals surface area contributed by atoms with Crippen molar-refractivity contribution < 1.29 is 4.79 Å². The molecule has 4 aromatic rings. The maximum atomic E-state index is 12.8. The molecular weight excluding hydrogens is 326 g/mol. The molecule has 0 saturated carbocycles. The Bertz CT molecular complexity index is 1080. The first-order valence-electron chi connectivity index (χ1n) is 8.54. The van der Waals surface area contributed by atoms with Gasteiger partial charge < -0.3 is 0 Å². The van der Waals surface area contributed by atoms with E-state index in [1.165, 1.54) is 5.56 Å². The van der Waals surface area contributed by atoms with Crippen LogP contribution in [0.15, 0.2) is 61.1 Å². The van der Waals surface area contributed by atoms with E-state index in [0.29, 0.717) is 12.0 Å². The van der Waals surface area contributed by atoms with Gasteiger partial charge in [0.15, 0.2) is 0 Å². The number of fused-ring (bicyclic) bond motifs is 1. The van der Waals surface area contributed by atoms with E-state index in [1.807, 2.05) is 67.1 Å². The number of hydrogen-bond donors (Lipinski definition) is 1. The van der Waals surface area contributed by atoms with Crippen LogP contribution in [0.4, 0.5) is 0 Å². The molecule has 0 aliphatic rings. The maximum Gasteiger partial charge on any atom is 0.273 e. The highest BCUT2D eigenvalue weighted by molar-refractivity contribution is 6.01. The normalized spacial score (nSPS) is 11.0. The molecule has 0 fully saturated rings. The van der Waals surface area contributed by atoms with Crippen LogP contribution in [-0.2, 0) is 6.42 Å². The molecule has 6 heteroatoms. The number of rotatable bonds is 4. The summed E-state index contributed by atoms with van der Waals surface area (Å²) in [5.74, 6) is -0.205. The minimum absolute atomic E-state index is 0.205. The summed E-state index contributed by atoms with van der Waals surface area (Å²) in [6, 6.07) is 15.7. The van der Waals surface area contributed by atoms with Gasteiger partial charge in [0.25, 0.3) is 5.91 Å². The number of aryl methyl sites for hydroxylation is 1. The standard InChI is InChI=1S/C20H19N5O/c1-3-18-16(12-22-25(18)15-10-8-14(2)9-11-15)20(26)23-24-13-21-17-6-4-5-7-19(17)24/h4-13H,3H2,1-2H3,(H,23,26). The van der Waals surface area contributed by atoms with Crippen LogP contribution in [0, 0.1) is 6.92 Å². The van der Waals surface area contributed by atoms with Crippen LogP contribution in [0.1, 0.15) is 28.5 Å². The lowest BCUT2D eigenvalue weighted by Crippen LogP contribution is -2.23. The van der Waals surface area contributed by atoms with Gasteiger partial charge in [0.2, 0.25) is 0 Å². The van der Waals surface area contributed by atoms with E-state index >= 15 is 0 Å². The quantitative estimate of drug-likeness (QED) is 0.616. The van der Waals surface area contributed by atoms with Gasteiger partial charge in [-0.1, -0.05) is 36.8 Å². The van der Waals surface area contributed by atoms with Crippen molar-refractivity contribution in [2.75, 3.05) is 5.43 Å². The smallest absolute Gasteiger partial charge is 0.267 e. The van der Waals surface area contributed by atoms with E-state index in [-0.39, 0.29) is 5.91 Å². The lowest BCUT2D eigenvalue weighted by atomic mass is 10.2. The summed E-state index contributed by atoms with van der Waals surface area (Å²) >= 11 is 0. The maximum absolute atomic E-state index is 12.8. The van der Waals surface area contributed by atoms with Crippen molar-refractivity contribution >= 4 is 16.9 Å². The number of benzene rings is 2. The third-order valence-electron chi connectivity index (χ3n) is 4.40. The number of carbonyl (C=O) groups is 1. The lowest BCUT2D eigenvalue weighted by Gasteiger charge is -2.09. The molecule has 26 heavy (non-hydrogen) atoms. The van der Waals surface area contributed by atoms with Gasteiger partial charge in [-0.2, -0.15) is 5.10 Å². The molecule has 0 aliphatic carbocycles. The Labute approximate surface area is 151 Å². The van der Waals surface area contributed by atoms with Crippen molar-refractivity contribution in [1.29, 1.82) is 0 Å². The SMILES string of the molecule is CCc1c(C(=O)Nn2cnc3ccccc32)cnn1-c1ccc(C)cc1. The van der Waals surface area contributed by atoms with Crippen LogP contribution in [0.5, 0.6) is 0 Å². The van der Waals surface area contributed by atoms with Crippen LogP contribution < -0.4 is 5.43 Å². The molecule has 0 saturated heterocycles. The van der Waals surface area contributed by atoms with E-state index in [0.717, 1.165) is 22.4 Å². The zero-order chi connectivity index (χ0) is 18.1. The largest absolute Gasteiger partial charge is 0.273 e. The Morgan fingerprint density at radius 3 is 2.65 bits per heavy atom. The van der Waals surface area contributed by atoms with Gasteiger partial charge in [0.1, 0.15) is 6.33 Å². The molecule has 4 rings (SSSR count). The Balaban J connectivity index is 1.67. The van der Waals surface area contributed by atoms with Crippen LogP contribution in [0.2, 0.25) is 0 Å². The molecule has 0 unspecified atom stereocenters. The summed E-state index contributed by atoms with van der Waals surface area (Å²) in [5, 5.41) is 4.43. The van der Waals surface area contributed by atoms with Crippen molar-refractivity contribution in [3.63, 3.8) is 0 Å². The number of nitrogens with one attached hydrogen (secondary N) is 1. The van der Waals surface area contributed by atoms with Gasteiger partial charge in [-0.15, -0.1) is 0 Å². The highest BCUT2D eigenvalue weighted by Gasteiger charge is 2.18. The van der Waals surface area contributed by atoms with Crippen LogP contribution in [-0.4, -0.2) is 25.3 Å². The van der Waals surface area contributed by atoms with E-state index in [2.05, 4.69) is 15.5 Å². The molecule has 6 nitrogen and oxygen atoms in total. The second kappa shape index (κ2) is 6.48. The third-order valence-corrected chi connectivity index (χ3v) is 4.40. The Kier molecular flexibility index (Phi) is 4.01. The summed E-state index contributed by atoms with van der Waals surface area (Å²) in [4.78, 5) is 17.1. The number of aromatic nitrogens is 4. The fourth-order valence-corrected chi connectivity index (χ4v) is 3.03. The first kappa shape index (κ1) is 16.1. The Hall–Kier alpha value is -3.41. The topological polar surface area (TPSA) is 64.7 Å². The van der Waals surface area contributed by atoms with Gasteiger partial charge in [-0.05, 0) is 37.6 Å². The van der Waals surface area contributed by atoms with Gasteiger partial charge in [0, 0.05) is 0 Å². The summed E-state index contributed by atoms with van der Waals surface area (Å²) < 4.78 is 3.46. The average molecular weight is 345 g/mol. The van der Waals surface area contributed by atoms with E-state index in [9.17, 15) is 4.79 Å². The highest BCUT2D eigenvalue weighted by atomic mass is 16.2. The molecule has 2 aromatic carbocycles. The second-order valence-corrected chi connectivity index (χ2v) is 6.15. The number of nitrogens with zero attached hydrogens (tertiary/aromatic N) is 4. The Morgan fingerprint density at radius 2 is 1.88 bits per heavy atom. The van der Waals surface area contributed by atoms with Crippen molar-refractivity contribution in [3.8, 4) is 5.69 Å². The van der Waals surface area contributed by atoms with E-state index < -0.39 is 0 Å². The summed E-state index contributed by atoms with van der Waals surface area (Å²) in [7, 11) is 0. The predicted molar refractivity (Wildman–Crippen MR) is 101 cm³/mol. The highest BCUT2D eigenvalue weighted by Crippen LogP contribution is 2.17. The zero-order valence-corrected chi connectivity index (χ0v) is 14.7. The molecule has 0 radical (unpaired) electrons. The average Bonchev–Trinajstić information content (AvgIpc) is 3.27. The number of carbonyl (C=O) groups excluding carboxylic acids is 1. The van der Waals surface area contributed by atoms with Crippen molar-refractivity contribution in [2.45, 2.75) is 20.3 Å². The van der Waals surface area contributed by atoms with Crippen LogP contribution in [0.25, 0.3) is 16.7 Å². The summed E-state index contributed by atoms with van der Waals surface area (Å²) in [6.07, 6.45) is 3.92. The summed E-state index contributed by atoms with van der Waals surface area (Å²) in [6.45, 7) is 4.06. The van der Waals surface area contributed by atoms with Crippen LogP contribution >= 0.6 is 0 Å². The van der Waals surface area contributed by atoms with Gasteiger partial charge in [-0.3, -0.25) is 10.2 Å². The minimum atomic E-state index is -0.205. The molecule has 0 aliphatic heterocycles. The van der Waals surface area contributed by atoms with E-state index in [4.69, 9.17) is 0 Å². The molecule has 1 N–H and O–H groups in total. The monoisotopic (exact) mass is 345 g/mol. The molecule has 0 bridgehead atoms. The molecule has 0 atom stereocenters. The predicted octanol–water partition coefficient (Wildman–Crippen LogP) is 3.48. The van der Waals surface area contributed by atoms with Gasteiger partial charge >= 0.3 is 0 Å². The number of amides is 1. The first-order valence-corrected chi connectivity index (χ1v) is 8.54. The van der Waals surface area contributed by atoms with Crippen molar-refractivity contribution in [3.05, 3.63) is 77.9 Å². The van der Waals surface area contributed by atoms with Crippen molar-refractivity contribution in [2.24, 2.45) is 0 Å². The first-order chi connectivity index (χ1) is 12.7. The molecular formula is C20H19N5O. The fraction of sp³-hybridized carbons (Fsp3) is 0.150. The zero-order valence-electron chi connectivity index (χ0n) is 14.7. The number of hydrogen-bond acceptors (Lipinski definition) is 3. The fourth-order valence-electron chi connectivity index (χ4n) is 3.03. The van der Waals surface area contributed by atoms with Crippen molar-refractivity contribution in [1.82, 2.24) is 19.4 Å². The number of imidazole rings is 1. The molecule has 2 heterocycles. The lowest BCUT2D eigenvalue weighted by molar-refractivity contribution is 0.101. The molecule has 1 amide bonds. The van der Waals surface area contributed by atoms with Crippen LogP contribution in [0.3, 0.4) is 0 Å². The molecule has 0 spiro atoms. The van der Waals surface area contributed by atoms with Gasteiger partial charge in [-0.25, -0.2) is 14.3 Å². The van der Waals surface area contributed by atoms with E-state index in [1.54, 1.807) is 17.2 Å². The second-order valence-electron chi connectivity index (χ2n) is 6.15. The third kappa shape index (κ3) is 2.75. The number of para-hydroxylation sites is 2.